The Balaban J connectivity index is 1.90. The molecule has 2 amide bonds. The second-order valence-corrected chi connectivity index (χ2v) is 10.3. The number of hydrogen-bond donors (Lipinski definition) is 0. The summed E-state index contributed by atoms with van der Waals surface area (Å²) in [6.45, 7) is 0. The summed E-state index contributed by atoms with van der Waals surface area (Å²) in [7, 11) is 0. The second kappa shape index (κ2) is 5.44. The number of hydrogen-bond acceptors (Lipinski definition) is 2. The molecule has 1 heterocycles. The van der Waals surface area contributed by atoms with Gasteiger partial charge >= 0.3 is 0 Å². The van der Waals surface area contributed by atoms with Gasteiger partial charge in [-0.2, -0.15) is 0 Å². The Morgan fingerprint density at radius 3 is 1.64 bits per heavy atom. The summed E-state index contributed by atoms with van der Waals surface area (Å²) < 4.78 is -1.12. The largest absolute Gasteiger partial charge is 0.274 e. The van der Waals surface area contributed by atoms with Crippen LogP contribution in [-0.2, 0) is 9.59 Å². The van der Waals surface area contributed by atoms with E-state index in [1.807, 2.05) is 0 Å². The van der Waals surface area contributed by atoms with Gasteiger partial charge in [0.25, 0.3) is 0 Å². The average molecular weight is 525 g/mol. The minimum Gasteiger partial charge on any atom is -0.274 e. The third-order valence-corrected chi connectivity index (χ3v) is 9.78. The van der Waals surface area contributed by atoms with Gasteiger partial charge in [-0.1, -0.05) is 62.3 Å². The minimum absolute atomic E-state index is 0.101. The van der Waals surface area contributed by atoms with Crippen molar-refractivity contribution in [3.8, 4) is 0 Å². The predicted octanol–water partition coefficient (Wildman–Crippen LogP) is 5.40. The minimum atomic E-state index is -1.91. The Kier molecular flexibility index (Phi) is 4.06. The highest BCUT2D eigenvalue weighted by Gasteiger charge is 2.87. The third kappa shape index (κ3) is 1.88. The van der Waals surface area contributed by atoms with Crippen LogP contribution in [0.1, 0.15) is 0 Å². The van der Waals surface area contributed by atoms with Crippen molar-refractivity contribution >= 4 is 103 Å². The first-order valence-corrected chi connectivity index (χ1v) is 10.0. The maximum absolute atomic E-state index is 13.1. The highest BCUT2D eigenvalue weighted by Crippen LogP contribution is 2.77. The van der Waals surface area contributed by atoms with E-state index in [0.29, 0.717) is 5.69 Å². The van der Waals surface area contributed by atoms with Gasteiger partial charge in [0, 0.05) is 4.47 Å². The Hall–Kier alpha value is 0.320. The van der Waals surface area contributed by atoms with Gasteiger partial charge in [0.15, 0.2) is 4.33 Å². The van der Waals surface area contributed by atoms with Crippen molar-refractivity contribution in [3.63, 3.8) is 0 Å². The van der Waals surface area contributed by atoms with Gasteiger partial charge in [0.2, 0.25) is 11.8 Å². The van der Waals surface area contributed by atoms with Gasteiger partial charge in [-0.25, -0.2) is 4.90 Å². The molecule has 10 heteroatoms. The Morgan fingerprint density at radius 2 is 1.24 bits per heavy atom. The van der Waals surface area contributed by atoms with Crippen molar-refractivity contribution in [2.24, 2.45) is 11.8 Å². The average Bonchev–Trinajstić information content (AvgIpc) is 2.94. The van der Waals surface area contributed by atoms with E-state index >= 15 is 0 Å². The molecule has 1 aliphatic heterocycles. The second-order valence-electron chi connectivity index (χ2n) is 6.07. The highest BCUT2D eigenvalue weighted by atomic mass is 79.9. The first kappa shape index (κ1) is 18.7. The standard InChI is InChI=1S/C15H6BrCl6NO2/c16-5-1-3-6(4-2-5)23-11(24)7-8(12(23)25)14(20)10(18)9(17)13(7,19)15(14,21)22/h1-4,7-8H/t7-,8+,13-,14-/m0/s1. The molecule has 0 N–H and O–H groups in total. The summed E-state index contributed by atoms with van der Waals surface area (Å²) in [5, 5.41) is -0.202. The number of amides is 2. The van der Waals surface area contributed by atoms with E-state index in [9.17, 15) is 9.59 Å². The molecular formula is C15H6BrCl6NO2. The molecule has 0 unspecified atom stereocenters. The van der Waals surface area contributed by atoms with Gasteiger partial charge < -0.3 is 0 Å². The van der Waals surface area contributed by atoms with E-state index in [0.717, 1.165) is 9.37 Å². The molecule has 1 saturated heterocycles. The van der Waals surface area contributed by atoms with Crippen LogP contribution in [0.2, 0.25) is 0 Å². The van der Waals surface area contributed by atoms with Crippen molar-refractivity contribution in [1.29, 1.82) is 0 Å². The molecule has 2 bridgehead atoms. The molecule has 0 spiro atoms. The summed E-state index contributed by atoms with van der Waals surface area (Å²) >= 11 is 41.9. The number of alkyl halides is 4. The van der Waals surface area contributed by atoms with E-state index in [1.54, 1.807) is 24.3 Å². The fraction of sp³-hybridized carbons (Fsp3) is 0.333. The number of allylic oxidation sites excluding steroid dienone is 2. The third-order valence-electron chi connectivity index (χ3n) is 4.99. The number of imide groups is 1. The fourth-order valence-corrected chi connectivity index (χ4v) is 7.03. The zero-order valence-electron chi connectivity index (χ0n) is 11.9. The molecule has 25 heavy (non-hydrogen) atoms. The number of fused-ring (bicyclic) bond motifs is 5. The molecule has 4 atom stereocenters. The number of nitrogens with zero attached hydrogens (tertiary/aromatic N) is 1. The Bertz CT molecular complexity index is 825. The monoisotopic (exact) mass is 521 g/mol. The highest BCUT2D eigenvalue weighted by molar-refractivity contribution is 9.10. The van der Waals surface area contributed by atoms with Crippen molar-refractivity contribution in [2.75, 3.05) is 4.90 Å². The number of halogens is 7. The van der Waals surface area contributed by atoms with Gasteiger partial charge in [0.1, 0.15) is 9.75 Å². The number of carbonyl (C=O) groups is 2. The lowest BCUT2D eigenvalue weighted by Gasteiger charge is -2.34. The smallest absolute Gasteiger partial charge is 0.240 e. The Morgan fingerprint density at radius 1 is 0.840 bits per heavy atom. The molecule has 1 saturated carbocycles. The molecule has 1 aromatic rings. The van der Waals surface area contributed by atoms with Crippen molar-refractivity contribution in [1.82, 2.24) is 0 Å². The lowest BCUT2D eigenvalue weighted by atomic mass is 9.84. The molecule has 1 aromatic carbocycles. The number of carbonyl (C=O) groups excluding carboxylic acids is 2. The zero-order chi connectivity index (χ0) is 18.5. The first-order chi connectivity index (χ1) is 11.5. The van der Waals surface area contributed by atoms with Crippen LogP contribution < -0.4 is 4.90 Å². The van der Waals surface area contributed by atoms with Crippen LogP contribution >= 0.6 is 85.5 Å². The lowest BCUT2D eigenvalue weighted by molar-refractivity contribution is -0.123. The van der Waals surface area contributed by atoms with Crippen LogP contribution in [0.5, 0.6) is 0 Å². The Labute approximate surface area is 181 Å². The first-order valence-electron chi connectivity index (χ1n) is 6.96. The van der Waals surface area contributed by atoms with Gasteiger partial charge in [0.05, 0.1) is 27.6 Å². The maximum Gasteiger partial charge on any atom is 0.240 e. The summed E-state index contributed by atoms with van der Waals surface area (Å²) in [5.74, 6) is -3.37. The van der Waals surface area contributed by atoms with Crippen LogP contribution in [0.15, 0.2) is 38.8 Å². The van der Waals surface area contributed by atoms with Crippen molar-refractivity contribution in [2.45, 2.75) is 14.1 Å². The van der Waals surface area contributed by atoms with Crippen molar-refractivity contribution < 1.29 is 9.59 Å². The number of benzene rings is 1. The molecular weight excluding hydrogens is 519 g/mol. The number of anilines is 1. The van der Waals surface area contributed by atoms with E-state index < -0.39 is 37.7 Å². The van der Waals surface area contributed by atoms with E-state index in [4.69, 9.17) is 69.6 Å². The van der Waals surface area contributed by atoms with Crippen LogP contribution in [-0.4, -0.2) is 25.9 Å². The molecule has 0 radical (unpaired) electrons. The normalized spacial score (nSPS) is 38.8. The van der Waals surface area contributed by atoms with Gasteiger partial charge in [-0.05, 0) is 24.3 Å². The molecule has 3 nitrogen and oxygen atoms in total. The van der Waals surface area contributed by atoms with Crippen LogP contribution in [0.3, 0.4) is 0 Å². The van der Waals surface area contributed by atoms with Crippen LogP contribution in [0, 0.1) is 11.8 Å². The lowest BCUT2D eigenvalue weighted by Crippen LogP contribution is -2.50. The van der Waals surface area contributed by atoms with E-state index in [-0.39, 0.29) is 10.1 Å². The maximum atomic E-state index is 13.1. The zero-order valence-corrected chi connectivity index (χ0v) is 18.0. The quantitative estimate of drug-likeness (QED) is 0.364. The van der Waals surface area contributed by atoms with Crippen molar-refractivity contribution in [3.05, 3.63) is 38.8 Å². The van der Waals surface area contributed by atoms with E-state index in [2.05, 4.69) is 15.9 Å². The topological polar surface area (TPSA) is 37.4 Å². The van der Waals surface area contributed by atoms with Gasteiger partial charge in [-0.3, -0.25) is 9.59 Å². The summed E-state index contributed by atoms with van der Waals surface area (Å²) in [4.78, 5) is 23.6. The van der Waals surface area contributed by atoms with Crippen LogP contribution in [0.4, 0.5) is 5.69 Å². The molecule has 4 rings (SSSR count). The number of rotatable bonds is 1. The van der Waals surface area contributed by atoms with Gasteiger partial charge in [-0.15, -0.1) is 23.2 Å². The summed E-state index contributed by atoms with van der Waals surface area (Å²) in [5.41, 5.74) is 0.384. The molecule has 0 aromatic heterocycles. The molecule has 2 fully saturated rings. The molecule has 3 aliphatic rings. The summed E-state index contributed by atoms with van der Waals surface area (Å²) in [6.07, 6.45) is 0. The SMILES string of the molecule is O=C1[C@@H]2[C@H](C(=O)N1c1ccc(Br)cc1)[C@]1(Cl)C(Cl)=C(Cl)[C@]2(Cl)C1(Cl)Cl. The molecule has 2 aliphatic carbocycles. The summed E-state index contributed by atoms with van der Waals surface area (Å²) in [6, 6.07) is 6.65. The van der Waals surface area contributed by atoms with Crippen LogP contribution in [0.25, 0.3) is 0 Å². The van der Waals surface area contributed by atoms with E-state index in [1.165, 1.54) is 0 Å². The fourth-order valence-electron chi connectivity index (χ4n) is 3.84. The molecule has 132 valence electrons. The predicted molar refractivity (Wildman–Crippen MR) is 104 cm³/mol.